The van der Waals surface area contributed by atoms with Gasteiger partial charge in [0.15, 0.2) is 0 Å². The monoisotopic (exact) mass is 182 g/mol. The Hall–Kier alpha value is -0.500. The highest BCUT2D eigenvalue weighted by molar-refractivity contribution is 5.04. The van der Waals surface area contributed by atoms with Gasteiger partial charge in [-0.15, -0.1) is 0 Å². The lowest BCUT2D eigenvalue weighted by Gasteiger charge is -2.25. The quantitative estimate of drug-likeness (QED) is 0.656. The van der Waals surface area contributed by atoms with Gasteiger partial charge in [-0.25, -0.2) is 0 Å². The van der Waals surface area contributed by atoms with Crippen LogP contribution in [0.15, 0.2) is 12.3 Å². The Kier molecular flexibility index (Phi) is 3.37. The molecule has 0 saturated carbocycles. The van der Waals surface area contributed by atoms with Gasteiger partial charge in [-0.1, -0.05) is 20.4 Å². The van der Waals surface area contributed by atoms with Crippen LogP contribution in [-0.4, -0.2) is 43.0 Å². The minimum absolute atomic E-state index is 0.680. The average Bonchev–Trinajstić information content (AvgIpc) is 2.31. The molecule has 1 aliphatic heterocycles. The van der Waals surface area contributed by atoms with Crippen LogP contribution in [0.25, 0.3) is 0 Å². The predicted molar refractivity (Wildman–Crippen MR) is 57.6 cm³/mol. The summed E-state index contributed by atoms with van der Waals surface area (Å²) >= 11 is 0. The zero-order chi connectivity index (χ0) is 10.0. The van der Waals surface area contributed by atoms with E-state index in [-0.39, 0.29) is 0 Å². The summed E-state index contributed by atoms with van der Waals surface area (Å²) in [6, 6.07) is 0.680. The molecule has 2 nitrogen and oxygen atoms in total. The molecule has 0 unspecified atom stereocenters. The molecule has 0 bridgehead atoms. The number of hydrogen-bond acceptors (Lipinski definition) is 2. The molecule has 1 aliphatic rings. The summed E-state index contributed by atoms with van der Waals surface area (Å²) in [6.45, 7) is 10.9. The number of likely N-dealkylation sites (tertiary alicyclic amines) is 1. The molecular weight excluding hydrogens is 160 g/mol. The van der Waals surface area contributed by atoms with E-state index in [1.807, 2.05) is 0 Å². The fourth-order valence-electron chi connectivity index (χ4n) is 1.96. The van der Waals surface area contributed by atoms with Crippen LogP contribution in [0.3, 0.4) is 0 Å². The van der Waals surface area contributed by atoms with Crippen LogP contribution in [-0.2, 0) is 0 Å². The second-order valence-corrected chi connectivity index (χ2v) is 4.64. The Morgan fingerprint density at radius 1 is 1.62 bits per heavy atom. The molecule has 0 aliphatic carbocycles. The van der Waals surface area contributed by atoms with E-state index in [4.69, 9.17) is 0 Å². The topological polar surface area (TPSA) is 6.48 Å². The van der Waals surface area contributed by atoms with E-state index in [1.165, 1.54) is 12.2 Å². The number of hydrogen-bond donors (Lipinski definition) is 0. The van der Waals surface area contributed by atoms with Gasteiger partial charge in [0.2, 0.25) is 0 Å². The lowest BCUT2D eigenvalue weighted by Crippen LogP contribution is -2.36. The van der Waals surface area contributed by atoms with Crippen LogP contribution in [0, 0.1) is 5.92 Å². The molecule has 1 heterocycles. The standard InChI is InChI=1S/C11H22N2/c1-9(2)7-13(5)11-6-10(3)12(4)8-11/h9,11H,3,6-8H2,1-2,4-5H3/t11-/m1/s1. The molecule has 76 valence electrons. The van der Waals surface area contributed by atoms with E-state index in [1.54, 1.807) is 0 Å². The Labute approximate surface area is 82.2 Å². The highest BCUT2D eigenvalue weighted by Crippen LogP contribution is 2.21. The second kappa shape index (κ2) is 4.14. The van der Waals surface area contributed by atoms with Crippen LogP contribution < -0.4 is 0 Å². The molecule has 0 N–H and O–H groups in total. The molecule has 0 aromatic heterocycles. The molecule has 0 aromatic carbocycles. The van der Waals surface area contributed by atoms with Crippen molar-refractivity contribution in [3.63, 3.8) is 0 Å². The highest BCUT2D eigenvalue weighted by atomic mass is 15.2. The first kappa shape index (κ1) is 10.6. The van der Waals surface area contributed by atoms with Gasteiger partial charge in [0, 0.05) is 38.3 Å². The molecule has 0 radical (unpaired) electrons. The second-order valence-electron chi connectivity index (χ2n) is 4.64. The molecule has 0 aromatic rings. The first-order valence-electron chi connectivity index (χ1n) is 5.10. The Balaban J connectivity index is 2.41. The molecule has 1 saturated heterocycles. The van der Waals surface area contributed by atoms with E-state index in [2.05, 4.69) is 44.3 Å². The van der Waals surface area contributed by atoms with Gasteiger partial charge in [0.25, 0.3) is 0 Å². The molecule has 0 amide bonds. The van der Waals surface area contributed by atoms with Crippen molar-refractivity contribution in [2.75, 3.05) is 27.2 Å². The van der Waals surface area contributed by atoms with E-state index in [0.717, 1.165) is 18.9 Å². The maximum absolute atomic E-state index is 4.05. The summed E-state index contributed by atoms with van der Waals surface area (Å²) in [7, 11) is 4.35. The van der Waals surface area contributed by atoms with Crippen LogP contribution in [0.1, 0.15) is 20.3 Å². The molecule has 1 atom stereocenters. The van der Waals surface area contributed by atoms with Crippen molar-refractivity contribution < 1.29 is 0 Å². The van der Waals surface area contributed by atoms with Crippen LogP contribution >= 0.6 is 0 Å². The van der Waals surface area contributed by atoms with Gasteiger partial charge < -0.3 is 9.80 Å². The van der Waals surface area contributed by atoms with Gasteiger partial charge in [-0.3, -0.25) is 0 Å². The number of nitrogens with zero attached hydrogens (tertiary/aromatic N) is 2. The van der Waals surface area contributed by atoms with Crippen molar-refractivity contribution >= 4 is 0 Å². The van der Waals surface area contributed by atoms with Gasteiger partial charge in [-0.05, 0) is 13.0 Å². The van der Waals surface area contributed by atoms with Crippen LogP contribution in [0.4, 0.5) is 0 Å². The minimum atomic E-state index is 0.680. The Morgan fingerprint density at radius 3 is 2.62 bits per heavy atom. The third-order valence-electron chi connectivity index (χ3n) is 2.77. The summed E-state index contributed by atoms with van der Waals surface area (Å²) in [5, 5.41) is 0. The van der Waals surface area contributed by atoms with Crippen molar-refractivity contribution in [1.82, 2.24) is 9.80 Å². The highest BCUT2D eigenvalue weighted by Gasteiger charge is 2.25. The van der Waals surface area contributed by atoms with Crippen LogP contribution in [0.2, 0.25) is 0 Å². The SMILES string of the molecule is C=C1C[C@@H](N(C)CC(C)C)CN1C. The summed E-state index contributed by atoms with van der Waals surface area (Å²) < 4.78 is 0. The van der Waals surface area contributed by atoms with E-state index in [0.29, 0.717) is 6.04 Å². The molecule has 1 rings (SSSR count). The van der Waals surface area contributed by atoms with Gasteiger partial charge in [0.05, 0.1) is 0 Å². The first-order chi connectivity index (χ1) is 6.00. The molecule has 2 heteroatoms. The molecule has 1 fully saturated rings. The van der Waals surface area contributed by atoms with Crippen molar-refractivity contribution in [1.29, 1.82) is 0 Å². The summed E-state index contributed by atoms with van der Waals surface area (Å²) in [4.78, 5) is 4.72. The summed E-state index contributed by atoms with van der Waals surface area (Å²) in [5.41, 5.74) is 1.28. The first-order valence-corrected chi connectivity index (χ1v) is 5.10. The van der Waals surface area contributed by atoms with Gasteiger partial charge in [-0.2, -0.15) is 0 Å². The predicted octanol–water partition coefficient (Wildman–Crippen LogP) is 1.79. The maximum Gasteiger partial charge on any atom is 0.0331 e. The molecular formula is C11H22N2. The number of likely N-dealkylation sites (N-methyl/N-ethyl adjacent to an activating group) is 2. The van der Waals surface area contributed by atoms with Gasteiger partial charge in [0.1, 0.15) is 0 Å². The number of rotatable bonds is 3. The van der Waals surface area contributed by atoms with Crippen LogP contribution in [0.5, 0.6) is 0 Å². The van der Waals surface area contributed by atoms with E-state index in [9.17, 15) is 0 Å². The Morgan fingerprint density at radius 2 is 2.23 bits per heavy atom. The fraction of sp³-hybridized carbons (Fsp3) is 0.818. The lowest BCUT2D eigenvalue weighted by atomic mass is 10.1. The zero-order valence-electron chi connectivity index (χ0n) is 9.38. The van der Waals surface area contributed by atoms with Crippen molar-refractivity contribution in [2.45, 2.75) is 26.3 Å². The van der Waals surface area contributed by atoms with Gasteiger partial charge >= 0.3 is 0 Å². The normalized spacial score (nSPS) is 23.7. The third kappa shape index (κ3) is 2.73. The van der Waals surface area contributed by atoms with Crippen molar-refractivity contribution in [3.8, 4) is 0 Å². The maximum atomic E-state index is 4.05. The van der Waals surface area contributed by atoms with E-state index >= 15 is 0 Å². The summed E-state index contributed by atoms with van der Waals surface area (Å²) in [6.07, 6.45) is 1.14. The average molecular weight is 182 g/mol. The Bertz CT molecular complexity index is 187. The molecule has 13 heavy (non-hydrogen) atoms. The fourth-order valence-corrected chi connectivity index (χ4v) is 1.96. The lowest BCUT2D eigenvalue weighted by molar-refractivity contribution is 0.218. The zero-order valence-corrected chi connectivity index (χ0v) is 9.38. The van der Waals surface area contributed by atoms with Crippen molar-refractivity contribution in [3.05, 3.63) is 12.3 Å². The summed E-state index contributed by atoms with van der Waals surface area (Å²) in [5.74, 6) is 0.754. The smallest absolute Gasteiger partial charge is 0.0331 e. The third-order valence-corrected chi connectivity index (χ3v) is 2.77. The van der Waals surface area contributed by atoms with Crippen molar-refractivity contribution in [2.24, 2.45) is 5.92 Å². The largest absolute Gasteiger partial charge is 0.377 e. The molecule has 0 spiro atoms. The van der Waals surface area contributed by atoms with E-state index < -0.39 is 0 Å². The minimum Gasteiger partial charge on any atom is -0.377 e.